The van der Waals surface area contributed by atoms with Gasteiger partial charge in [-0.05, 0) is 62.2 Å². The van der Waals surface area contributed by atoms with Crippen LogP contribution in [0.1, 0.15) is 251 Å². The number of nitrogens with zero attached hydrogens (tertiary/aromatic N) is 3. The maximum Gasteiger partial charge on any atom is 0.317 e. The normalized spacial score (nSPS) is 10.8. The third-order valence-electron chi connectivity index (χ3n) is 15.7. The number of carboxylic acids is 3. The number of carbonyl (C=O) groups excluding carboxylic acids is 4. The van der Waals surface area contributed by atoms with Crippen LogP contribution in [0.5, 0.6) is 0 Å². The molecule has 548 valence electrons. The Balaban J connectivity index is 4.11. The number of amides is 4. The summed E-state index contributed by atoms with van der Waals surface area (Å²) in [6.07, 6.45) is 42.1. The number of aliphatic carboxylic acids is 3. The Kier molecular flexibility index (Phi) is 67.7. The van der Waals surface area contributed by atoms with E-state index in [0.717, 1.165) is 77.0 Å². The van der Waals surface area contributed by atoms with Crippen LogP contribution in [0.2, 0.25) is 0 Å². The highest BCUT2D eigenvalue weighted by Crippen LogP contribution is 2.14. The first kappa shape index (κ1) is 90.2. The van der Waals surface area contributed by atoms with Crippen molar-refractivity contribution in [2.24, 2.45) is 0 Å². The largest absolute Gasteiger partial charge is 0.480 e. The second-order valence-corrected chi connectivity index (χ2v) is 24.7. The van der Waals surface area contributed by atoms with Gasteiger partial charge in [0.25, 0.3) is 0 Å². The van der Waals surface area contributed by atoms with Gasteiger partial charge in [-0.15, -0.1) is 0 Å². The van der Waals surface area contributed by atoms with Gasteiger partial charge >= 0.3 is 17.9 Å². The fourth-order valence-electron chi connectivity index (χ4n) is 10.3. The minimum absolute atomic E-state index is 0.00682. The van der Waals surface area contributed by atoms with Gasteiger partial charge in [0.1, 0.15) is 0 Å². The van der Waals surface area contributed by atoms with E-state index in [1.54, 1.807) is 0 Å². The van der Waals surface area contributed by atoms with Crippen LogP contribution in [0.3, 0.4) is 0 Å². The lowest BCUT2D eigenvalue weighted by molar-refractivity contribution is -0.141. The summed E-state index contributed by atoms with van der Waals surface area (Å²) in [6.45, 7) is 5.82. The molecule has 0 aromatic rings. The summed E-state index contributed by atoms with van der Waals surface area (Å²) < 4.78 is 22.2. The first-order chi connectivity index (χ1) is 46.9. The number of ether oxygens (including phenoxy) is 4. The summed E-state index contributed by atoms with van der Waals surface area (Å²) >= 11 is 0. The van der Waals surface area contributed by atoms with Crippen molar-refractivity contribution in [2.75, 3.05) is 138 Å². The highest BCUT2D eigenvalue weighted by Gasteiger charge is 2.20. The lowest BCUT2D eigenvalue weighted by Crippen LogP contribution is -2.47. The Labute approximate surface area is 579 Å². The average molecular weight is 1350 g/mol. The van der Waals surface area contributed by atoms with Crippen LogP contribution >= 0.6 is 0 Å². The lowest BCUT2D eigenvalue weighted by atomic mass is 10.1. The predicted octanol–water partition coefficient (Wildman–Crippen LogP) is 10.2. The van der Waals surface area contributed by atoms with Crippen molar-refractivity contribution < 1.29 is 67.8 Å². The molecule has 0 aliphatic carbocycles. The average Bonchev–Trinajstić information content (AvgIpc) is 3.37. The molecule has 0 saturated carbocycles. The molecule has 0 aromatic heterocycles. The van der Waals surface area contributed by atoms with Crippen LogP contribution < -0.4 is 21.3 Å². The highest BCUT2D eigenvalue weighted by molar-refractivity contribution is 5.79. The Morgan fingerprint density at radius 2 is 0.510 bits per heavy atom. The van der Waals surface area contributed by atoms with Gasteiger partial charge in [0, 0.05) is 90.9 Å². The molecule has 0 aliphatic rings. The Morgan fingerprint density at radius 1 is 0.281 bits per heavy atom. The zero-order valence-corrected chi connectivity index (χ0v) is 59.7. The van der Waals surface area contributed by atoms with Gasteiger partial charge in [0.2, 0.25) is 23.6 Å². The molecule has 0 spiro atoms. The van der Waals surface area contributed by atoms with E-state index in [1.807, 2.05) is 0 Å². The molecule has 7 N–H and O–H groups in total. The summed E-state index contributed by atoms with van der Waals surface area (Å²) in [5.41, 5.74) is 0. The quantitative estimate of drug-likeness (QED) is 0.0220. The molecule has 0 radical (unpaired) electrons. The molecule has 21 heteroatoms. The van der Waals surface area contributed by atoms with Crippen molar-refractivity contribution in [3.8, 4) is 47.4 Å². The summed E-state index contributed by atoms with van der Waals surface area (Å²) in [7, 11) is 0. The smallest absolute Gasteiger partial charge is 0.317 e. The van der Waals surface area contributed by atoms with Crippen LogP contribution in [-0.4, -0.2) is 209 Å². The van der Waals surface area contributed by atoms with Gasteiger partial charge in [-0.25, -0.2) is 0 Å². The van der Waals surface area contributed by atoms with Crippen LogP contribution in [0, 0.1) is 47.4 Å². The topological polar surface area (TPSA) is 275 Å². The second-order valence-electron chi connectivity index (χ2n) is 24.7. The number of rotatable bonds is 69. The first-order valence-corrected chi connectivity index (χ1v) is 37.0. The lowest BCUT2D eigenvalue weighted by Gasteiger charge is -2.28. The number of carboxylic acid groups (broad SMARTS) is 3. The van der Waals surface area contributed by atoms with Gasteiger partial charge in [-0.3, -0.25) is 48.3 Å². The van der Waals surface area contributed by atoms with Gasteiger partial charge in [-0.2, -0.15) is 0 Å². The molecule has 4 amide bonds. The van der Waals surface area contributed by atoms with Crippen LogP contribution in [-0.2, 0) is 52.5 Å². The van der Waals surface area contributed by atoms with Crippen LogP contribution in [0.25, 0.3) is 0 Å². The van der Waals surface area contributed by atoms with Crippen molar-refractivity contribution in [2.45, 2.75) is 251 Å². The number of carbonyl (C=O) groups is 7. The zero-order valence-electron chi connectivity index (χ0n) is 59.7. The van der Waals surface area contributed by atoms with E-state index < -0.39 is 49.4 Å². The SMILES string of the molecule is CCCCCCCCC#CC#CCCCCCCCCCCCC(=O)NCCOCCOCCNC(=O)CN(CCN(CCN(CC(=O)O)CC(=O)NCCOCCOCCNC(=O)CCCCCCCCCCCC#CC#CCCCCCCCCC)CC(=O)O)CC(=O)O. The first-order valence-electron chi connectivity index (χ1n) is 37.0. The molecule has 0 bridgehead atoms. The van der Waals surface area contributed by atoms with Crippen molar-refractivity contribution in [3.05, 3.63) is 0 Å². The molecule has 21 nitrogen and oxygen atoms in total. The van der Waals surface area contributed by atoms with E-state index in [-0.39, 0.29) is 90.6 Å². The maximum atomic E-state index is 12.8. The van der Waals surface area contributed by atoms with Crippen LogP contribution in [0.15, 0.2) is 0 Å². The molecular formula is C75H129N7O14. The van der Waals surface area contributed by atoms with Crippen molar-refractivity contribution >= 4 is 41.5 Å². The van der Waals surface area contributed by atoms with Crippen molar-refractivity contribution in [3.63, 3.8) is 0 Å². The Morgan fingerprint density at radius 3 is 0.781 bits per heavy atom. The summed E-state index contributed by atoms with van der Waals surface area (Å²) in [4.78, 5) is 89.4. The van der Waals surface area contributed by atoms with Crippen molar-refractivity contribution in [1.82, 2.24) is 36.0 Å². The molecule has 0 saturated heterocycles. The Bertz CT molecular complexity index is 2230. The standard InChI is InChI=1S/C75H129N7O14/c1-3-5-7-9-11-13-15-17-19-21-23-25-27-29-31-33-35-37-39-41-43-45-47-70(84)77-49-57-94-61-63-96-59-51-79-72(86)65-82(68-75(91)92)55-53-80(66-73(87)88)52-54-81(67-74(89)90)64-71(85)78-50-58-95-62-60-93-56-48-76-69(83)46-44-42-40-38-36-34-32-30-28-26-24-22-20-18-16-14-12-10-8-6-4-2/h3-17,26-68H2,1-2H3,(H,76,83)(H,77,84)(H,78,85)(H,79,86)(H,87,88)(H,89,90)(H,91,92). The number of nitrogens with one attached hydrogen (secondary N) is 4. The van der Waals surface area contributed by atoms with E-state index in [2.05, 4.69) is 82.5 Å². The van der Waals surface area contributed by atoms with E-state index in [9.17, 15) is 48.9 Å². The molecule has 0 fully saturated rings. The highest BCUT2D eigenvalue weighted by atomic mass is 16.5. The second kappa shape index (κ2) is 72.0. The van der Waals surface area contributed by atoms with E-state index in [1.165, 1.54) is 162 Å². The minimum Gasteiger partial charge on any atom is -0.480 e. The van der Waals surface area contributed by atoms with E-state index in [0.29, 0.717) is 52.4 Å². The molecule has 0 aromatic carbocycles. The number of hydrogen-bond acceptors (Lipinski definition) is 14. The van der Waals surface area contributed by atoms with Gasteiger partial charge in [-0.1, -0.05) is 198 Å². The minimum atomic E-state index is -1.19. The van der Waals surface area contributed by atoms with E-state index in [4.69, 9.17) is 18.9 Å². The molecule has 0 unspecified atom stereocenters. The fourth-order valence-corrected chi connectivity index (χ4v) is 10.3. The molecule has 0 heterocycles. The molecule has 0 atom stereocenters. The molecular weight excluding hydrogens is 1220 g/mol. The van der Waals surface area contributed by atoms with Gasteiger partial charge < -0.3 is 55.5 Å². The maximum absolute atomic E-state index is 12.8. The third-order valence-corrected chi connectivity index (χ3v) is 15.7. The predicted molar refractivity (Wildman–Crippen MR) is 381 cm³/mol. The fraction of sp³-hybridized carbons (Fsp3) is 0.800. The van der Waals surface area contributed by atoms with E-state index >= 15 is 0 Å². The summed E-state index contributed by atoms with van der Waals surface area (Å²) in [5, 5.41) is 39.8. The monoisotopic (exact) mass is 1350 g/mol. The van der Waals surface area contributed by atoms with Crippen molar-refractivity contribution in [1.29, 1.82) is 0 Å². The molecule has 0 rings (SSSR count). The van der Waals surface area contributed by atoms with Gasteiger partial charge in [0.05, 0.1) is 85.6 Å². The summed E-state index contributed by atoms with van der Waals surface area (Å²) in [6, 6.07) is 0. The molecule has 0 aliphatic heterocycles. The summed E-state index contributed by atoms with van der Waals surface area (Å²) in [5.74, 6) is 20.3. The van der Waals surface area contributed by atoms with Gasteiger partial charge in [0.15, 0.2) is 0 Å². The Hall–Kier alpha value is -5.75. The number of unbranched alkanes of at least 4 members (excludes halogenated alkanes) is 31. The zero-order chi connectivity index (χ0) is 70.1. The third kappa shape index (κ3) is 71.0. The number of hydrogen-bond donors (Lipinski definition) is 7. The molecule has 96 heavy (non-hydrogen) atoms. The van der Waals surface area contributed by atoms with Crippen LogP contribution in [0.4, 0.5) is 0 Å².